The van der Waals surface area contributed by atoms with Gasteiger partial charge < -0.3 is 4.74 Å². The lowest BCUT2D eigenvalue weighted by molar-refractivity contribution is 0.0978. The smallest absolute Gasteiger partial charge is 0.166 e. The van der Waals surface area contributed by atoms with E-state index in [0.717, 1.165) is 12.0 Å². The van der Waals surface area contributed by atoms with Crippen LogP contribution in [-0.4, -0.2) is 18.3 Å². The zero-order valence-electron chi connectivity index (χ0n) is 10.5. The number of ketones is 1. The summed E-state index contributed by atoms with van der Waals surface area (Å²) in [5.41, 5.74) is 1.85. The lowest BCUT2D eigenvalue weighted by atomic mass is 10.0. The Morgan fingerprint density at radius 2 is 2.12 bits per heavy atom. The van der Waals surface area contributed by atoms with Gasteiger partial charge in [0.1, 0.15) is 5.75 Å². The number of aryl methyl sites for hydroxylation is 1. The lowest BCUT2D eigenvalue weighted by Crippen LogP contribution is -2.05. The van der Waals surface area contributed by atoms with E-state index in [1.54, 1.807) is 0 Å². The molecule has 0 atom stereocenters. The predicted octanol–water partition coefficient (Wildman–Crippen LogP) is 3.85. The van der Waals surface area contributed by atoms with Crippen LogP contribution in [0.3, 0.4) is 0 Å². The summed E-state index contributed by atoms with van der Waals surface area (Å²) in [4.78, 5) is 12.0. The Labute approximate surface area is 108 Å². The first kappa shape index (κ1) is 14.0. The number of carbonyl (C=O) groups excluding carboxylic acids is 1. The zero-order chi connectivity index (χ0) is 12.7. The van der Waals surface area contributed by atoms with Crippen molar-refractivity contribution in [2.75, 3.05) is 12.5 Å². The molecule has 2 nitrogen and oxygen atoms in total. The molecule has 0 aliphatic heterocycles. The van der Waals surface area contributed by atoms with E-state index >= 15 is 0 Å². The van der Waals surface area contributed by atoms with Gasteiger partial charge in [0.25, 0.3) is 0 Å². The van der Waals surface area contributed by atoms with Gasteiger partial charge >= 0.3 is 0 Å². The maximum absolute atomic E-state index is 12.0. The number of halogens is 1. The summed E-state index contributed by atoms with van der Waals surface area (Å²) < 4.78 is 5.48. The third-order valence-corrected chi connectivity index (χ3v) is 2.86. The maximum atomic E-state index is 12.0. The number of rotatable bonds is 7. The van der Waals surface area contributed by atoms with Crippen molar-refractivity contribution in [2.45, 2.75) is 33.1 Å². The van der Waals surface area contributed by atoms with E-state index in [0.29, 0.717) is 36.6 Å². The molecule has 0 N–H and O–H groups in total. The minimum absolute atomic E-state index is 0.115. The minimum atomic E-state index is 0.115. The van der Waals surface area contributed by atoms with Crippen LogP contribution in [0.1, 0.15) is 42.6 Å². The third-order valence-electron chi connectivity index (χ3n) is 2.59. The largest absolute Gasteiger partial charge is 0.493 e. The van der Waals surface area contributed by atoms with Crippen LogP contribution in [0, 0.1) is 0 Å². The zero-order valence-corrected chi connectivity index (χ0v) is 11.2. The molecule has 0 fully saturated rings. The molecule has 0 amide bonds. The molecule has 1 aromatic carbocycles. The Morgan fingerprint density at radius 1 is 1.35 bits per heavy atom. The van der Waals surface area contributed by atoms with Gasteiger partial charge in [-0.3, -0.25) is 4.79 Å². The van der Waals surface area contributed by atoms with Crippen molar-refractivity contribution >= 4 is 17.4 Å². The molecule has 0 aromatic heterocycles. The van der Waals surface area contributed by atoms with Crippen LogP contribution in [0.25, 0.3) is 0 Å². The summed E-state index contributed by atoms with van der Waals surface area (Å²) in [6.07, 6.45) is 2.11. The molecule has 0 heterocycles. The summed E-state index contributed by atoms with van der Waals surface area (Å²) in [5, 5.41) is 0. The predicted molar refractivity (Wildman–Crippen MR) is 71.3 cm³/mol. The SMILES string of the molecule is CCOc1ccc(CC)cc1C(=O)CCCCl. The van der Waals surface area contributed by atoms with Crippen LogP contribution in [0.2, 0.25) is 0 Å². The number of hydrogen-bond donors (Lipinski definition) is 0. The van der Waals surface area contributed by atoms with Crippen LogP contribution < -0.4 is 4.74 Å². The Balaban J connectivity index is 2.95. The average molecular weight is 255 g/mol. The molecular formula is C14H19ClO2. The lowest BCUT2D eigenvalue weighted by Gasteiger charge is -2.10. The van der Waals surface area contributed by atoms with Crippen molar-refractivity contribution in [3.05, 3.63) is 29.3 Å². The normalized spacial score (nSPS) is 10.3. The van der Waals surface area contributed by atoms with Gasteiger partial charge in [-0.15, -0.1) is 11.6 Å². The average Bonchev–Trinajstić information content (AvgIpc) is 2.36. The highest BCUT2D eigenvalue weighted by Crippen LogP contribution is 2.22. The molecule has 0 saturated carbocycles. The molecule has 0 saturated heterocycles. The van der Waals surface area contributed by atoms with Crippen LogP contribution >= 0.6 is 11.6 Å². The van der Waals surface area contributed by atoms with Crippen LogP contribution in [0.4, 0.5) is 0 Å². The van der Waals surface area contributed by atoms with E-state index in [1.807, 2.05) is 25.1 Å². The van der Waals surface area contributed by atoms with E-state index < -0.39 is 0 Å². The number of Topliss-reactive ketones (excluding diaryl/α,β-unsaturated/α-hetero) is 1. The molecule has 0 radical (unpaired) electrons. The van der Waals surface area contributed by atoms with E-state index in [1.165, 1.54) is 0 Å². The number of ether oxygens (including phenoxy) is 1. The molecule has 1 aromatic rings. The molecule has 3 heteroatoms. The highest BCUT2D eigenvalue weighted by molar-refractivity contribution is 6.18. The first-order valence-corrected chi connectivity index (χ1v) is 6.61. The Morgan fingerprint density at radius 3 is 2.71 bits per heavy atom. The first-order chi connectivity index (χ1) is 8.22. The molecule has 94 valence electrons. The van der Waals surface area contributed by atoms with Crippen molar-refractivity contribution < 1.29 is 9.53 Å². The van der Waals surface area contributed by atoms with Gasteiger partial charge in [-0.1, -0.05) is 13.0 Å². The van der Waals surface area contributed by atoms with E-state index in [2.05, 4.69) is 6.92 Å². The van der Waals surface area contributed by atoms with Gasteiger partial charge in [0.2, 0.25) is 0 Å². The molecule has 0 unspecified atom stereocenters. The quantitative estimate of drug-likeness (QED) is 0.546. The molecular weight excluding hydrogens is 236 g/mol. The van der Waals surface area contributed by atoms with Gasteiger partial charge in [-0.2, -0.15) is 0 Å². The van der Waals surface area contributed by atoms with Crippen LogP contribution in [0.5, 0.6) is 5.75 Å². The standard InChI is InChI=1S/C14H19ClO2/c1-3-11-7-8-14(17-4-2)12(10-11)13(16)6-5-9-15/h7-8,10H,3-6,9H2,1-2H3. The van der Waals surface area contributed by atoms with E-state index in [4.69, 9.17) is 16.3 Å². The van der Waals surface area contributed by atoms with Gasteiger partial charge in [-0.25, -0.2) is 0 Å². The molecule has 0 aliphatic rings. The monoisotopic (exact) mass is 254 g/mol. The Bertz CT molecular complexity index is 374. The van der Waals surface area contributed by atoms with Crippen molar-refractivity contribution in [2.24, 2.45) is 0 Å². The molecule has 0 spiro atoms. The molecule has 1 rings (SSSR count). The fourth-order valence-corrected chi connectivity index (χ4v) is 1.79. The van der Waals surface area contributed by atoms with Crippen LogP contribution in [-0.2, 0) is 6.42 Å². The highest BCUT2D eigenvalue weighted by atomic mass is 35.5. The van der Waals surface area contributed by atoms with Gasteiger partial charge in [0.15, 0.2) is 5.78 Å². The number of alkyl halides is 1. The summed E-state index contributed by atoms with van der Waals surface area (Å²) >= 11 is 5.61. The number of hydrogen-bond acceptors (Lipinski definition) is 2. The second-order valence-corrected chi connectivity index (χ2v) is 4.21. The van der Waals surface area contributed by atoms with Gasteiger partial charge in [0, 0.05) is 12.3 Å². The molecule has 0 bridgehead atoms. The summed E-state index contributed by atoms with van der Waals surface area (Å²) in [5.74, 6) is 1.32. The van der Waals surface area contributed by atoms with Crippen molar-refractivity contribution in [1.82, 2.24) is 0 Å². The van der Waals surface area contributed by atoms with Gasteiger partial charge in [-0.05, 0) is 37.5 Å². The van der Waals surface area contributed by atoms with Crippen molar-refractivity contribution in [3.63, 3.8) is 0 Å². The molecule has 0 aliphatic carbocycles. The van der Waals surface area contributed by atoms with E-state index in [9.17, 15) is 4.79 Å². The maximum Gasteiger partial charge on any atom is 0.166 e. The summed E-state index contributed by atoms with van der Waals surface area (Å²) in [6.45, 7) is 4.56. The van der Waals surface area contributed by atoms with Gasteiger partial charge in [0.05, 0.1) is 12.2 Å². The topological polar surface area (TPSA) is 26.3 Å². The minimum Gasteiger partial charge on any atom is -0.493 e. The van der Waals surface area contributed by atoms with Crippen LogP contribution in [0.15, 0.2) is 18.2 Å². The second-order valence-electron chi connectivity index (χ2n) is 3.83. The molecule has 17 heavy (non-hydrogen) atoms. The number of benzene rings is 1. The summed E-state index contributed by atoms with van der Waals surface area (Å²) in [7, 11) is 0. The second kappa shape index (κ2) is 7.33. The Kier molecular flexibility index (Phi) is 6.06. The summed E-state index contributed by atoms with van der Waals surface area (Å²) in [6, 6.07) is 5.82. The highest BCUT2D eigenvalue weighted by Gasteiger charge is 2.12. The van der Waals surface area contributed by atoms with E-state index in [-0.39, 0.29) is 5.78 Å². The number of carbonyl (C=O) groups is 1. The fourth-order valence-electron chi connectivity index (χ4n) is 1.66. The third kappa shape index (κ3) is 4.04. The van der Waals surface area contributed by atoms with Crippen molar-refractivity contribution in [1.29, 1.82) is 0 Å². The van der Waals surface area contributed by atoms with Crippen molar-refractivity contribution in [3.8, 4) is 5.75 Å². The first-order valence-electron chi connectivity index (χ1n) is 6.07. The Hall–Kier alpha value is -1.02. The fraction of sp³-hybridized carbons (Fsp3) is 0.500.